The van der Waals surface area contributed by atoms with Crippen molar-refractivity contribution in [2.45, 2.75) is 26.0 Å². The van der Waals surface area contributed by atoms with E-state index in [1.165, 1.54) is 12.1 Å². The maximum absolute atomic E-state index is 13.1. The molecule has 3 nitrogen and oxygen atoms in total. The van der Waals surface area contributed by atoms with Gasteiger partial charge in [-0.15, -0.1) is 0 Å². The van der Waals surface area contributed by atoms with E-state index in [4.69, 9.17) is 9.15 Å². The van der Waals surface area contributed by atoms with Gasteiger partial charge >= 0.3 is 0 Å². The fourth-order valence-electron chi connectivity index (χ4n) is 1.80. The first kappa shape index (κ1) is 13.1. The first-order valence-electron chi connectivity index (χ1n) is 6.08. The van der Waals surface area contributed by atoms with Crippen LogP contribution in [0.3, 0.4) is 0 Å². The van der Waals surface area contributed by atoms with Gasteiger partial charge in [0.25, 0.3) is 0 Å². The van der Waals surface area contributed by atoms with Crippen molar-refractivity contribution in [1.29, 1.82) is 0 Å². The minimum atomic E-state index is -0.255. The van der Waals surface area contributed by atoms with Crippen LogP contribution < -0.4 is 5.32 Å². The van der Waals surface area contributed by atoms with Crippen LogP contribution in [0.4, 0.5) is 4.39 Å². The van der Waals surface area contributed by atoms with Crippen molar-refractivity contribution in [2.24, 2.45) is 0 Å². The molecule has 1 N–H and O–H groups in total. The SMILES string of the molecule is CNC(COC(C)C)c1cc2cc(F)ccc2o1. The van der Waals surface area contributed by atoms with Crippen molar-refractivity contribution < 1.29 is 13.5 Å². The lowest BCUT2D eigenvalue weighted by atomic mass is 10.2. The highest BCUT2D eigenvalue weighted by molar-refractivity contribution is 5.78. The zero-order chi connectivity index (χ0) is 13.1. The van der Waals surface area contributed by atoms with Crippen LogP contribution in [0.5, 0.6) is 0 Å². The van der Waals surface area contributed by atoms with Gasteiger partial charge in [-0.2, -0.15) is 0 Å². The normalized spacial score (nSPS) is 13.4. The van der Waals surface area contributed by atoms with Crippen molar-refractivity contribution in [3.63, 3.8) is 0 Å². The summed E-state index contributed by atoms with van der Waals surface area (Å²) in [6, 6.07) is 6.34. The predicted molar refractivity (Wildman–Crippen MR) is 69.1 cm³/mol. The Bertz CT molecular complexity index is 521. The van der Waals surface area contributed by atoms with Crippen LogP contribution in [0.25, 0.3) is 11.0 Å². The zero-order valence-electron chi connectivity index (χ0n) is 10.9. The summed E-state index contributed by atoms with van der Waals surface area (Å²) in [6.07, 6.45) is 0.169. The average Bonchev–Trinajstić information content (AvgIpc) is 2.72. The molecule has 4 heteroatoms. The Kier molecular flexibility index (Phi) is 3.99. The first-order valence-corrected chi connectivity index (χ1v) is 6.08. The van der Waals surface area contributed by atoms with Crippen molar-refractivity contribution in [1.82, 2.24) is 5.32 Å². The van der Waals surface area contributed by atoms with Gasteiger partial charge in [0.15, 0.2) is 0 Å². The van der Waals surface area contributed by atoms with E-state index in [1.54, 1.807) is 6.07 Å². The monoisotopic (exact) mass is 251 g/mol. The Morgan fingerprint density at radius 2 is 2.11 bits per heavy atom. The highest BCUT2D eigenvalue weighted by Crippen LogP contribution is 2.25. The van der Waals surface area contributed by atoms with Gasteiger partial charge in [-0.05, 0) is 45.2 Å². The van der Waals surface area contributed by atoms with E-state index < -0.39 is 0 Å². The maximum atomic E-state index is 13.1. The van der Waals surface area contributed by atoms with Crippen molar-refractivity contribution in [2.75, 3.05) is 13.7 Å². The summed E-state index contributed by atoms with van der Waals surface area (Å²) >= 11 is 0. The number of rotatable bonds is 5. The highest BCUT2D eigenvalue weighted by atomic mass is 19.1. The molecule has 2 rings (SSSR count). The molecule has 18 heavy (non-hydrogen) atoms. The van der Waals surface area contributed by atoms with E-state index in [-0.39, 0.29) is 18.0 Å². The minimum Gasteiger partial charge on any atom is -0.459 e. The summed E-state index contributed by atoms with van der Waals surface area (Å²) in [7, 11) is 1.85. The predicted octanol–water partition coefficient (Wildman–Crippen LogP) is 3.26. The van der Waals surface area contributed by atoms with E-state index in [0.29, 0.717) is 12.2 Å². The number of halogens is 1. The summed E-state index contributed by atoms with van der Waals surface area (Å²) in [6.45, 7) is 4.50. The molecule has 0 saturated carbocycles. The third kappa shape index (κ3) is 2.89. The Morgan fingerprint density at radius 1 is 1.33 bits per heavy atom. The second-order valence-corrected chi connectivity index (χ2v) is 4.55. The van der Waals surface area contributed by atoms with Crippen LogP contribution in [0, 0.1) is 5.82 Å². The van der Waals surface area contributed by atoms with Crippen molar-refractivity contribution >= 4 is 11.0 Å². The van der Waals surface area contributed by atoms with Crippen LogP contribution in [-0.2, 0) is 4.74 Å². The van der Waals surface area contributed by atoms with Gasteiger partial charge in [-0.1, -0.05) is 0 Å². The molecule has 1 unspecified atom stereocenters. The van der Waals surface area contributed by atoms with Gasteiger partial charge in [0.2, 0.25) is 0 Å². The fraction of sp³-hybridized carbons (Fsp3) is 0.429. The molecule has 0 bridgehead atoms. The van der Waals surface area contributed by atoms with Crippen molar-refractivity contribution in [3.05, 3.63) is 35.8 Å². The number of likely N-dealkylation sites (N-methyl/N-ethyl adjacent to an activating group) is 1. The standard InChI is InChI=1S/C14H18FNO2/c1-9(2)17-8-12(16-3)14-7-10-6-11(15)4-5-13(10)18-14/h4-7,9,12,16H,8H2,1-3H3. The number of benzene rings is 1. The number of hydrogen-bond acceptors (Lipinski definition) is 3. The minimum absolute atomic E-state index is 0.0251. The van der Waals surface area contributed by atoms with E-state index in [2.05, 4.69) is 5.32 Å². The molecule has 1 aromatic heterocycles. The van der Waals surface area contributed by atoms with Crippen LogP contribution in [0.1, 0.15) is 25.6 Å². The molecule has 0 aliphatic heterocycles. The molecule has 0 aliphatic rings. The lowest BCUT2D eigenvalue weighted by molar-refractivity contribution is 0.0588. The Labute approximate surface area is 106 Å². The fourth-order valence-corrected chi connectivity index (χ4v) is 1.80. The van der Waals surface area contributed by atoms with Gasteiger partial charge in [-0.3, -0.25) is 0 Å². The molecule has 1 atom stereocenters. The summed E-state index contributed by atoms with van der Waals surface area (Å²) in [4.78, 5) is 0. The summed E-state index contributed by atoms with van der Waals surface area (Å²) in [5.41, 5.74) is 0.691. The summed E-state index contributed by atoms with van der Waals surface area (Å²) in [5, 5.41) is 3.91. The molecule has 0 radical (unpaired) electrons. The van der Waals surface area contributed by atoms with Crippen LogP contribution in [0.2, 0.25) is 0 Å². The molecular weight excluding hydrogens is 233 g/mol. The van der Waals surface area contributed by atoms with E-state index in [0.717, 1.165) is 11.1 Å². The number of ether oxygens (including phenoxy) is 1. The molecule has 2 aromatic rings. The van der Waals surface area contributed by atoms with Crippen molar-refractivity contribution in [3.8, 4) is 0 Å². The summed E-state index contributed by atoms with van der Waals surface area (Å²) < 4.78 is 24.4. The van der Waals surface area contributed by atoms with E-state index in [9.17, 15) is 4.39 Å². The molecular formula is C14H18FNO2. The number of furan rings is 1. The number of hydrogen-bond donors (Lipinski definition) is 1. The number of nitrogens with one attached hydrogen (secondary N) is 1. The Hall–Kier alpha value is -1.39. The van der Waals surface area contributed by atoms with Gasteiger partial charge in [0, 0.05) is 5.39 Å². The third-order valence-electron chi connectivity index (χ3n) is 2.79. The second kappa shape index (κ2) is 5.50. The Morgan fingerprint density at radius 3 is 2.78 bits per heavy atom. The zero-order valence-corrected chi connectivity index (χ0v) is 10.9. The van der Waals surface area contributed by atoms with Crippen LogP contribution in [-0.4, -0.2) is 19.8 Å². The molecule has 0 saturated heterocycles. The van der Waals surface area contributed by atoms with Gasteiger partial charge in [0.05, 0.1) is 18.8 Å². The van der Waals surface area contributed by atoms with Crippen LogP contribution in [0.15, 0.2) is 28.7 Å². The topological polar surface area (TPSA) is 34.4 Å². The average molecular weight is 251 g/mol. The van der Waals surface area contributed by atoms with Crippen LogP contribution >= 0.6 is 0 Å². The van der Waals surface area contributed by atoms with E-state index >= 15 is 0 Å². The molecule has 0 aliphatic carbocycles. The maximum Gasteiger partial charge on any atom is 0.134 e. The molecule has 0 amide bonds. The Balaban J connectivity index is 2.22. The van der Waals surface area contributed by atoms with Gasteiger partial charge in [0.1, 0.15) is 17.2 Å². The largest absolute Gasteiger partial charge is 0.459 e. The molecule has 1 heterocycles. The summed E-state index contributed by atoms with van der Waals surface area (Å²) in [5.74, 6) is 0.507. The van der Waals surface area contributed by atoms with Gasteiger partial charge < -0.3 is 14.5 Å². The number of fused-ring (bicyclic) bond motifs is 1. The molecule has 0 spiro atoms. The highest BCUT2D eigenvalue weighted by Gasteiger charge is 2.15. The first-order chi connectivity index (χ1) is 8.60. The third-order valence-corrected chi connectivity index (χ3v) is 2.79. The van der Waals surface area contributed by atoms with Gasteiger partial charge in [-0.25, -0.2) is 4.39 Å². The lowest BCUT2D eigenvalue weighted by Crippen LogP contribution is -2.23. The quantitative estimate of drug-likeness (QED) is 0.885. The molecule has 0 fully saturated rings. The lowest BCUT2D eigenvalue weighted by Gasteiger charge is -2.15. The molecule has 1 aromatic carbocycles. The van der Waals surface area contributed by atoms with E-state index in [1.807, 2.05) is 27.0 Å². The smallest absolute Gasteiger partial charge is 0.134 e. The molecule has 98 valence electrons. The second-order valence-electron chi connectivity index (χ2n) is 4.55.